The van der Waals surface area contributed by atoms with E-state index in [0.29, 0.717) is 0 Å². The molecule has 0 saturated carbocycles. The maximum atomic E-state index is 11.2. The van der Waals surface area contributed by atoms with Crippen molar-refractivity contribution in [3.63, 3.8) is 0 Å². The van der Waals surface area contributed by atoms with Crippen molar-refractivity contribution in [3.8, 4) is 0 Å². The highest BCUT2D eigenvalue weighted by atomic mass is 19.4. The summed E-state index contributed by atoms with van der Waals surface area (Å²) in [6, 6.07) is 4.29. The Balaban J connectivity index is 0.000000541. The topological polar surface area (TPSA) is 3.88 Å². The largest absolute Gasteiger partial charge is 0.558 e. The number of nitrogens with zero attached hydrogens (tertiary/aromatic N) is 1. The molecule has 0 saturated heterocycles. The highest BCUT2D eigenvalue weighted by Gasteiger charge is 2.69. The summed E-state index contributed by atoms with van der Waals surface area (Å²) < 4.78 is 90.1. The van der Waals surface area contributed by atoms with E-state index >= 15 is 0 Å². The number of aromatic nitrogens is 1. The van der Waals surface area contributed by atoms with Crippen molar-refractivity contribution in [2.75, 3.05) is 0 Å². The van der Waals surface area contributed by atoms with Gasteiger partial charge in [-0.25, -0.2) is 13.3 Å². The van der Waals surface area contributed by atoms with Crippen LogP contribution in [0.2, 0.25) is 0 Å². The Labute approximate surface area is 154 Å². The normalized spacial score (nSPS) is 12.5. The first-order valence-corrected chi connectivity index (χ1v) is 8.92. The molecule has 0 aliphatic carbocycles. The summed E-state index contributed by atoms with van der Waals surface area (Å²) in [6.07, 6.45) is 7.57. The third-order valence-electron chi connectivity index (χ3n) is 3.82. The van der Waals surface area contributed by atoms with E-state index in [1.165, 1.54) is 57.1 Å². The van der Waals surface area contributed by atoms with Crippen molar-refractivity contribution >= 4 is 6.98 Å². The van der Waals surface area contributed by atoms with Crippen molar-refractivity contribution in [1.29, 1.82) is 0 Å². The summed E-state index contributed by atoms with van der Waals surface area (Å²) >= 11 is 0. The van der Waals surface area contributed by atoms with Gasteiger partial charge in [-0.2, -0.15) is 13.2 Å². The molecule has 0 N–H and O–H groups in total. The Morgan fingerprint density at radius 2 is 1.41 bits per heavy atom. The second-order valence-corrected chi connectivity index (χ2v) is 6.44. The number of rotatable bonds is 9. The van der Waals surface area contributed by atoms with E-state index in [1.54, 1.807) is 0 Å². The van der Waals surface area contributed by atoms with Crippen LogP contribution >= 0.6 is 0 Å². The van der Waals surface area contributed by atoms with Gasteiger partial charge in [-0.15, -0.1) is 0 Å². The second-order valence-electron chi connectivity index (χ2n) is 6.44. The minimum absolute atomic E-state index is 1.18. The summed E-state index contributed by atoms with van der Waals surface area (Å²) in [6.45, 7) is -1.61. The van der Waals surface area contributed by atoms with Crippen molar-refractivity contribution in [3.05, 3.63) is 30.1 Å². The zero-order chi connectivity index (χ0) is 21.1. The van der Waals surface area contributed by atoms with Gasteiger partial charge in [0.1, 0.15) is 6.54 Å². The van der Waals surface area contributed by atoms with Gasteiger partial charge in [0, 0.05) is 18.1 Å². The lowest BCUT2D eigenvalue weighted by atomic mass is 9.80. The first-order chi connectivity index (χ1) is 12.3. The van der Waals surface area contributed by atoms with Gasteiger partial charge in [-0.1, -0.05) is 39.0 Å². The molecule has 1 nitrogen and oxygen atoms in total. The molecule has 10 heteroatoms. The maximum absolute atomic E-state index is 11.2. The van der Waals surface area contributed by atoms with Crippen LogP contribution < -0.4 is 4.57 Å². The number of hydrogen-bond acceptors (Lipinski definition) is 0. The standard InChI is InChI=1S/C15H26N.C2BF8/c1-3-4-5-6-7-8-9-12-16-13-10-11-15(2)14-16;4-1(5,2(6,7)8)3(9,10)11/h10-11,13-14H,3-9,12H2,1-2H3;/q+1;-1. The van der Waals surface area contributed by atoms with Gasteiger partial charge < -0.3 is 12.9 Å². The summed E-state index contributed by atoms with van der Waals surface area (Å²) in [4.78, 5) is 0. The van der Waals surface area contributed by atoms with E-state index in [0.717, 1.165) is 0 Å². The molecular formula is C17H26BF8N. The minimum Gasteiger partial charge on any atom is -0.445 e. The van der Waals surface area contributed by atoms with Crippen LogP contribution in [0.25, 0.3) is 0 Å². The maximum Gasteiger partial charge on any atom is 0.558 e. The number of alkyl halides is 5. The highest BCUT2D eigenvalue weighted by Crippen LogP contribution is 2.44. The number of halogens is 8. The number of hydrogen-bond donors (Lipinski definition) is 0. The number of aryl methyl sites for hydroxylation is 2. The quantitative estimate of drug-likeness (QED) is 0.188. The van der Waals surface area contributed by atoms with E-state index in [9.17, 15) is 34.9 Å². The summed E-state index contributed by atoms with van der Waals surface area (Å²) in [7, 11) is 0. The zero-order valence-electron chi connectivity index (χ0n) is 15.5. The lowest BCUT2D eigenvalue weighted by Crippen LogP contribution is -2.53. The van der Waals surface area contributed by atoms with Crippen LogP contribution in [0, 0.1) is 6.92 Å². The molecule has 0 aliphatic rings. The van der Waals surface area contributed by atoms with Crippen LogP contribution in [0.15, 0.2) is 24.5 Å². The van der Waals surface area contributed by atoms with E-state index in [-0.39, 0.29) is 0 Å². The first-order valence-electron chi connectivity index (χ1n) is 8.92. The molecule has 0 spiro atoms. The lowest BCUT2D eigenvalue weighted by molar-refractivity contribution is -0.697. The van der Waals surface area contributed by atoms with Crippen molar-refractivity contribution in [1.82, 2.24) is 0 Å². The zero-order valence-corrected chi connectivity index (χ0v) is 15.5. The molecular weight excluding hydrogens is 381 g/mol. The molecule has 158 valence electrons. The van der Waals surface area contributed by atoms with Crippen LogP contribution in [0.1, 0.15) is 57.4 Å². The molecule has 0 atom stereocenters. The molecule has 1 aromatic rings. The fraction of sp³-hybridized carbons (Fsp3) is 0.706. The predicted molar refractivity (Wildman–Crippen MR) is 89.4 cm³/mol. The third kappa shape index (κ3) is 9.95. The van der Waals surface area contributed by atoms with Gasteiger partial charge in [0.2, 0.25) is 0 Å². The van der Waals surface area contributed by atoms with E-state index < -0.39 is 19.0 Å². The molecule has 1 rings (SSSR count). The fourth-order valence-corrected chi connectivity index (χ4v) is 2.23. The van der Waals surface area contributed by atoms with Crippen molar-refractivity contribution < 1.29 is 39.5 Å². The molecule has 0 bridgehead atoms. The average molecular weight is 407 g/mol. The Morgan fingerprint density at radius 3 is 1.81 bits per heavy atom. The molecule has 1 heterocycles. The molecule has 0 aliphatic heterocycles. The van der Waals surface area contributed by atoms with Gasteiger partial charge in [0.25, 0.3) is 0 Å². The Hall–Kier alpha value is -1.35. The Kier molecular flexibility index (Phi) is 10.9. The molecule has 0 aromatic carbocycles. The van der Waals surface area contributed by atoms with Crippen LogP contribution in [0.5, 0.6) is 0 Å². The fourth-order valence-electron chi connectivity index (χ4n) is 2.23. The third-order valence-corrected chi connectivity index (χ3v) is 3.82. The van der Waals surface area contributed by atoms with E-state index in [2.05, 4.69) is 42.9 Å². The van der Waals surface area contributed by atoms with Gasteiger partial charge in [0.15, 0.2) is 12.4 Å². The molecule has 0 unspecified atom stereocenters. The molecule has 0 amide bonds. The van der Waals surface area contributed by atoms with Gasteiger partial charge in [-0.3, -0.25) is 0 Å². The monoisotopic (exact) mass is 407 g/mol. The smallest absolute Gasteiger partial charge is 0.445 e. The lowest BCUT2D eigenvalue weighted by Gasteiger charge is -2.28. The number of unbranched alkanes of at least 4 members (excludes halogenated alkanes) is 6. The average Bonchev–Trinajstić information content (AvgIpc) is 2.52. The Bertz CT molecular complexity index is 512. The number of pyridine rings is 1. The summed E-state index contributed by atoms with van der Waals surface area (Å²) in [5.41, 5.74) is 1.35. The van der Waals surface area contributed by atoms with Crippen LogP contribution in [-0.4, -0.2) is 19.0 Å². The van der Waals surface area contributed by atoms with Gasteiger partial charge in [-0.05, 0) is 19.4 Å². The van der Waals surface area contributed by atoms with Crippen molar-refractivity contribution in [2.24, 2.45) is 0 Å². The first kappa shape index (κ1) is 25.7. The van der Waals surface area contributed by atoms with E-state index in [4.69, 9.17) is 0 Å². The molecule has 0 fully saturated rings. The summed E-state index contributed by atoms with van der Waals surface area (Å²) in [5, 5.41) is 0. The Morgan fingerprint density at radius 1 is 0.889 bits per heavy atom. The van der Waals surface area contributed by atoms with Crippen LogP contribution in [-0.2, 0) is 6.54 Å². The molecule has 27 heavy (non-hydrogen) atoms. The van der Waals surface area contributed by atoms with Crippen molar-refractivity contribution in [2.45, 2.75) is 77.3 Å². The summed E-state index contributed by atoms with van der Waals surface area (Å²) in [5.74, 6) is -6.56. The second kappa shape index (κ2) is 11.5. The van der Waals surface area contributed by atoms with Gasteiger partial charge >= 0.3 is 19.0 Å². The van der Waals surface area contributed by atoms with E-state index in [1.807, 2.05) is 0 Å². The minimum atomic E-state index is -7.21. The SMILES string of the molecule is CCCCCCCCC[n+]1cccc(C)c1.F[B-](F)(F)C(F)(F)C(F)(F)F. The molecule has 0 radical (unpaired) electrons. The van der Waals surface area contributed by atoms with Crippen LogP contribution in [0.4, 0.5) is 34.9 Å². The highest BCUT2D eigenvalue weighted by molar-refractivity contribution is 6.61. The van der Waals surface area contributed by atoms with Crippen LogP contribution in [0.3, 0.4) is 0 Å². The van der Waals surface area contributed by atoms with Gasteiger partial charge in [0.05, 0.1) is 0 Å². The predicted octanol–water partition coefficient (Wildman–Crippen LogP) is 6.60. The molecule has 1 aromatic heterocycles.